The average molecular weight is 204 g/mol. The van der Waals surface area contributed by atoms with Crippen molar-refractivity contribution in [1.82, 2.24) is 0 Å². The summed E-state index contributed by atoms with van der Waals surface area (Å²) in [6, 6.07) is 0. The Morgan fingerprint density at radius 1 is 1.21 bits per heavy atom. The highest BCUT2D eigenvalue weighted by Crippen LogP contribution is 2.17. The van der Waals surface area contributed by atoms with Crippen molar-refractivity contribution in [2.75, 3.05) is 20.8 Å². The maximum atomic E-state index is 9.95. The summed E-state index contributed by atoms with van der Waals surface area (Å²) >= 11 is 0. The summed E-state index contributed by atoms with van der Waals surface area (Å²) in [5, 5.41) is 9.95. The lowest BCUT2D eigenvalue weighted by atomic mass is 9.94. The fourth-order valence-electron chi connectivity index (χ4n) is 1.55. The average Bonchev–Trinajstić information content (AvgIpc) is 2.21. The molecule has 3 nitrogen and oxygen atoms in total. The van der Waals surface area contributed by atoms with Crippen molar-refractivity contribution in [3.05, 3.63) is 0 Å². The van der Waals surface area contributed by atoms with E-state index in [0.717, 1.165) is 19.3 Å². The van der Waals surface area contributed by atoms with Crippen LogP contribution in [0, 0.1) is 5.92 Å². The van der Waals surface area contributed by atoms with E-state index in [4.69, 9.17) is 9.47 Å². The molecule has 0 radical (unpaired) electrons. The van der Waals surface area contributed by atoms with Gasteiger partial charge in [-0.05, 0) is 18.8 Å². The van der Waals surface area contributed by atoms with E-state index in [1.165, 1.54) is 0 Å². The first-order chi connectivity index (χ1) is 6.67. The summed E-state index contributed by atoms with van der Waals surface area (Å²) in [6.07, 6.45) is 2.41. The van der Waals surface area contributed by atoms with Crippen LogP contribution in [0.3, 0.4) is 0 Å². The molecule has 0 aromatic carbocycles. The third-order valence-electron chi connectivity index (χ3n) is 2.62. The van der Waals surface area contributed by atoms with Crippen LogP contribution in [-0.2, 0) is 9.47 Å². The Morgan fingerprint density at radius 3 is 2.29 bits per heavy atom. The van der Waals surface area contributed by atoms with Crippen LogP contribution in [-0.4, -0.2) is 38.1 Å². The zero-order chi connectivity index (χ0) is 11.0. The molecule has 0 heterocycles. The quantitative estimate of drug-likeness (QED) is 0.655. The van der Waals surface area contributed by atoms with Crippen molar-refractivity contribution in [1.29, 1.82) is 0 Å². The van der Waals surface area contributed by atoms with Crippen LogP contribution >= 0.6 is 0 Å². The fraction of sp³-hybridized carbons (Fsp3) is 1.00. The fourth-order valence-corrected chi connectivity index (χ4v) is 1.55. The van der Waals surface area contributed by atoms with Gasteiger partial charge in [-0.3, -0.25) is 0 Å². The maximum absolute atomic E-state index is 9.95. The van der Waals surface area contributed by atoms with Crippen LogP contribution in [0.5, 0.6) is 0 Å². The molecule has 0 aromatic rings. The Labute approximate surface area is 87.4 Å². The predicted octanol–water partition coefficient (Wildman–Crippen LogP) is 1.83. The van der Waals surface area contributed by atoms with Crippen LogP contribution in [0.25, 0.3) is 0 Å². The number of aliphatic hydroxyl groups excluding tert-OH is 1. The number of methoxy groups -OCH3 is 2. The van der Waals surface area contributed by atoms with Crippen LogP contribution in [0.2, 0.25) is 0 Å². The molecule has 0 fully saturated rings. The third kappa shape index (κ3) is 4.94. The van der Waals surface area contributed by atoms with Crippen molar-refractivity contribution in [3.8, 4) is 0 Å². The molecule has 0 aliphatic carbocycles. The van der Waals surface area contributed by atoms with Gasteiger partial charge in [-0.25, -0.2) is 0 Å². The first-order valence-corrected chi connectivity index (χ1v) is 5.37. The molecule has 0 saturated carbocycles. The van der Waals surface area contributed by atoms with Gasteiger partial charge in [0.1, 0.15) is 0 Å². The molecular formula is C11H24O3. The van der Waals surface area contributed by atoms with Crippen molar-refractivity contribution in [3.63, 3.8) is 0 Å². The monoisotopic (exact) mass is 204 g/mol. The molecule has 3 atom stereocenters. The highest BCUT2D eigenvalue weighted by Gasteiger charge is 2.23. The van der Waals surface area contributed by atoms with Gasteiger partial charge in [0, 0.05) is 20.8 Å². The summed E-state index contributed by atoms with van der Waals surface area (Å²) in [6.45, 7) is 4.82. The Balaban J connectivity index is 3.91. The molecule has 14 heavy (non-hydrogen) atoms. The first kappa shape index (κ1) is 13.9. The second-order valence-electron chi connectivity index (χ2n) is 3.81. The van der Waals surface area contributed by atoms with Crippen molar-refractivity contribution in [2.45, 2.75) is 45.3 Å². The molecule has 0 saturated heterocycles. The molecule has 3 heteroatoms. The maximum Gasteiger partial charge on any atom is 0.0832 e. The van der Waals surface area contributed by atoms with Gasteiger partial charge in [-0.2, -0.15) is 0 Å². The molecule has 86 valence electrons. The van der Waals surface area contributed by atoms with Gasteiger partial charge in [-0.1, -0.05) is 20.3 Å². The smallest absolute Gasteiger partial charge is 0.0832 e. The minimum absolute atomic E-state index is 0.0353. The normalized spacial score (nSPS) is 17.8. The molecule has 0 bridgehead atoms. The van der Waals surface area contributed by atoms with Gasteiger partial charge in [0.2, 0.25) is 0 Å². The van der Waals surface area contributed by atoms with Crippen molar-refractivity contribution >= 4 is 0 Å². The SMILES string of the molecule is CCCC(OC)C(O)C(C)CCOC. The summed E-state index contributed by atoms with van der Waals surface area (Å²) in [7, 11) is 3.34. The molecule has 0 amide bonds. The molecule has 0 aliphatic rings. The Bertz CT molecular complexity index is 128. The van der Waals surface area contributed by atoms with Gasteiger partial charge in [0.25, 0.3) is 0 Å². The summed E-state index contributed by atoms with van der Waals surface area (Å²) in [5.41, 5.74) is 0. The lowest BCUT2D eigenvalue weighted by molar-refractivity contribution is -0.0468. The second-order valence-corrected chi connectivity index (χ2v) is 3.81. The standard InChI is InChI=1S/C11H24O3/c1-5-6-10(14-4)11(12)9(2)7-8-13-3/h9-12H,5-8H2,1-4H3. The van der Waals surface area contributed by atoms with E-state index < -0.39 is 0 Å². The van der Waals surface area contributed by atoms with E-state index in [1.807, 2.05) is 6.92 Å². The lowest BCUT2D eigenvalue weighted by Crippen LogP contribution is -2.34. The molecule has 0 aliphatic heterocycles. The zero-order valence-electron chi connectivity index (χ0n) is 9.82. The van der Waals surface area contributed by atoms with E-state index in [1.54, 1.807) is 14.2 Å². The Kier molecular flexibility index (Phi) is 8.14. The zero-order valence-corrected chi connectivity index (χ0v) is 9.82. The minimum atomic E-state index is -0.380. The van der Waals surface area contributed by atoms with Gasteiger partial charge >= 0.3 is 0 Å². The van der Waals surface area contributed by atoms with Gasteiger partial charge in [0.05, 0.1) is 12.2 Å². The highest BCUT2D eigenvalue weighted by atomic mass is 16.5. The molecule has 0 aromatic heterocycles. The number of ether oxygens (including phenoxy) is 2. The van der Waals surface area contributed by atoms with E-state index in [-0.39, 0.29) is 18.1 Å². The predicted molar refractivity (Wildman–Crippen MR) is 57.4 cm³/mol. The van der Waals surface area contributed by atoms with Crippen molar-refractivity contribution in [2.24, 2.45) is 5.92 Å². The van der Waals surface area contributed by atoms with Crippen LogP contribution in [0.1, 0.15) is 33.1 Å². The van der Waals surface area contributed by atoms with E-state index in [2.05, 4.69) is 6.92 Å². The van der Waals surface area contributed by atoms with Gasteiger partial charge < -0.3 is 14.6 Å². The van der Waals surface area contributed by atoms with Gasteiger partial charge in [-0.15, -0.1) is 0 Å². The lowest BCUT2D eigenvalue weighted by Gasteiger charge is -2.26. The van der Waals surface area contributed by atoms with E-state index in [9.17, 15) is 5.11 Å². The van der Waals surface area contributed by atoms with Gasteiger partial charge in [0.15, 0.2) is 0 Å². The molecular weight excluding hydrogens is 180 g/mol. The first-order valence-electron chi connectivity index (χ1n) is 5.37. The molecule has 3 unspecified atom stereocenters. The van der Waals surface area contributed by atoms with E-state index in [0.29, 0.717) is 6.61 Å². The van der Waals surface area contributed by atoms with Crippen LogP contribution in [0.4, 0.5) is 0 Å². The number of hydrogen-bond donors (Lipinski definition) is 1. The third-order valence-corrected chi connectivity index (χ3v) is 2.62. The van der Waals surface area contributed by atoms with Crippen LogP contribution < -0.4 is 0 Å². The number of rotatable bonds is 8. The largest absolute Gasteiger partial charge is 0.390 e. The highest BCUT2D eigenvalue weighted by molar-refractivity contribution is 4.73. The number of aliphatic hydroxyl groups is 1. The van der Waals surface area contributed by atoms with E-state index >= 15 is 0 Å². The minimum Gasteiger partial charge on any atom is -0.390 e. The molecule has 1 N–H and O–H groups in total. The second kappa shape index (κ2) is 8.21. The number of hydrogen-bond acceptors (Lipinski definition) is 3. The summed E-state index contributed by atoms with van der Waals surface area (Å²) in [5.74, 6) is 0.228. The van der Waals surface area contributed by atoms with Crippen molar-refractivity contribution < 1.29 is 14.6 Å². The Morgan fingerprint density at radius 2 is 1.86 bits per heavy atom. The topological polar surface area (TPSA) is 38.7 Å². The van der Waals surface area contributed by atoms with Crippen LogP contribution in [0.15, 0.2) is 0 Å². The summed E-state index contributed by atoms with van der Waals surface area (Å²) < 4.78 is 10.2. The molecule has 0 rings (SSSR count). The molecule has 0 spiro atoms. The Hall–Kier alpha value is -0.120. The summed E-state index contributed by atoms with van der Waals surface area (Å²) in [4.78, 5) is 0.